The molecule has 0 saturated carbocycles. The maximum atomic E-state index is 3.25. The number of anilines is 2. The predicted octanol–water partition coefficient (Wildman–Crippen LogP) is 4.90. The third-order valence-electron chi connectivity index (χ3n) is 3.85. The lowest BCUT2D eigenvalue weighted by molar-refractivity contribution is 0.590. The monoisotopic (exact) mass is 314 g/mol. The molecule has 4 N–H and O–H groups in total. The van der Waals surface area contributed by atoms with Crippen molar-refractivity contribution < 1.29 is 5.48 Å². The Bertz CT molecular complexity index is 545. The van der Waals surface area contributed by atoms with Crippen LogP contribution in [0.15, 0.2) is 48.5 Å². The first kappa shape index (κ1) is 19.0. The Hall–Kier alpha value is -2.00. The van der Waals surface area contributed by atoms with Crippen molar-refractivity contribution in [2.24, 2.45) is 0 Å². The van der Waals surface area contributed by atoms with Gasteiger partial charge in [-0.15, -0.1) is 0 Å². The van der Waals surface area contributed by atoms with Crippen LogP contribution in [-0.4, -0.2) is 5.48 Å². The molecule has 2 aromatic carbocycles. The molecule has 0 atom stereocenters. The highest BCUT2D eigenvalue weighted by molar-refractivity contribution is 5.54. The highest BCUT2D eigenvalue weighted by Gasteiger charge is 2.13. The van der Waals surface area contributed by atoms with Gasteiger partial charge in [-0.25, -0.2) is 0 Å². The maximum Gasteiger partial charge on any atom is 0.0540 e. The van der Waals surface area contributed by atoms with Gasteiger partial charge in [0.1, 0.15) is 0 Å². The first-order valence-electron chi connectivity index (χ1n) is 7.89. The number of hydrazine groups is 1. The molecule has 0 aromatic heterocycles. The molecule has 0 aliphatic rings. The van der Waals surface area contributed by atoms with Crippen LogP contribution in [0.5, 0.6) is 0 Å². The molecule has 0 aliphatic carbocycles. The van der Waals surface area contributed by atoms with Crippen molar-refractivity contribution in [2.75, 3.05) is 10.9 Å². The zero-order valence-corrected chi connectivity index (χ0v) is 15.1. The molecule has 3 heteroatoms. The Labute approximate surface area is 140 Å². The van der Waals surface area contributed by atoms with E-state index in [-0.39, 0.29) is 16.3 Å². The summed E-state index contributed by atoms with van der Waals surface area (Å²) >= 11 is 0. The molecule has 3 nitrogen and oxygen atoms in total. The van der Waals surface area contributed by atoms with Gasteiger partial charge in [-0.1, -0.05) is 65.8 Å². The molecular weight excluding hydrogens is 284 g/mol. The highest BCUT2D eigenvalue weighted by atomic mass is 16.0. The van der Waals surface area contributed by atoms with Crippen LogP contribution in [0.3, 0.4) is 0 Å². The summed E-state index contributed by atoms with van der Waals surface area (Å²) in [5.74, 6) is 0. The zero-order chi connectivity index (χ0) is 16.4. The molecule has 0 heterocycles. The van der Waals surface area contributed by atoms with Crippen molar-refractivity contribution in [3.8, 4) is 0 Å². The van der Waals surface area contributed by atoms with Crippen molar-refractivity contribution in [1.82, 2.24) is 0 Å². The second-order valence-electron chi connectivity index (χ2n) is 7.90. The van der Waals surface area contributed by atoms with Gasteiger partial charge in [-0.2, -0.15) is 0 Å². The van der Waals surface area contributed by atoms with Crippen molar-refractivity contribution in [3.05, 3.63) is 59.7 Å². The number of rotatable bonds is 3. The van der Waals surface area contributed by atoms with Crippen molar-refractivity contribution in [1.29, 1.82) is 0 Å². The maximum absolute atomic E-state index is 3.25. The zero-order valence-electron chi connectivity index (χ0n) is 15.1. The minimum atomic E-state index is 0. The van der Waals surface area contributed by atoms with Crippen LogP contribution in [-0.2, 0) is 10.8 Å². The van der Waals surface area contributed by atoms with Crippen molar-refractivity contribution in [2.45, 2.75) is 52.4 Å². The largest absolute Gasteiger partial charge is 0.412 e. The van der Waals surface area contributed by atoms with E-state index >= 15 is 0 Å². The quantitative estimate of drug-likeness (QED) is 0.792. The van der Waals surface area contributed by atoms with Gasteiger partial charge in [0.25, 0.3) is 0 Å². The van der Waals surface area contributed by atoms with Crippen molar-refractivity contribution in [3.63, 3.8) is 0 Å². The van der Waals surface area contributed by atoms with E-state index < -0.39 is 0 Å². The molecule has 0 bridgehead atoms. The fourth-order valence-corrected chi connectivity index (χ4v) is 2.25. The summed E-state index contributed by atoms with van der Waals surface area (Å²) in [6.45, 7) is 13.4. The molecule has 2 aromatic rings. The number of benzene rings is 2. The van der Waals surface area contributed by atoms with Crippen LogP contribution in [0.1, 0.15) is 52.7 Å². The normalized spacial score (nSPS) is 11.6. The lowest BCUT2D eigenvalue weighted by Crippen LogP contribution is -2.13. The summed E-state index contributed by atoms with van der Waals surface area (Å²) in [6.07, 6.45) is 0. The first-order valence-corrected chi connectivity index (χ1v) is 7.89. The minimum Gasteiger partial charge on any atom is -0.412 e. The highest BCUT2D eigenvalue weighted by Crippen LogP contribution is 2.25. The fourth-order valence-electron chi connectivity index (χ4n) is 2.25. The summed E-state index contributed by atoms with van der Waals surface area (Å²) in [7, 11) is 0. The van der Waals surface area contributed by atoms with Gasteiger partial charge < -0.3 is 16.3 Å². The van der Waals surface area contributed by atoms with Crippen LogP contribution < -0.4 is 10.9 Å². The SMILES string of the molecule is CC(C)(C)c1ccc(NNc2ccc(C(C)(C)C)cc2)cc1.O. The summed E-state index contributed by atoms with van der Waals surface area (Å²) in [6, 6.07) is 17.1. The molecule has 2 rings (SSSR count). The van der Waals surface area contributed by atoms with Crippen LogP contribution in [0.4, 0.5) is 11.4 Å². The van der Waals surface area contributed by atoms with Crippen molar-refractivity contribution >= 4 is 11.4 Å². The van der Waals surface area contributed by atoms with E-state index in [9.17, 15) is 0 Å². The molecule has 0 unspecified atom stereocenters. The van der Waals surface area contributed by atoms with Crippen LogP contribution in [0.25, 0.3) is 0 Å². The molecular formula is C20H30N2O. The molecule has 0 radical (unpaired) electrons. The van der Waals surface area contributed by atoms with Gasteiger partial charge >= 0.3 is 0 Å². The summed E-state index contributed by atoms with van der Waals surface area (Å²) in [5.41, 5.74) is 11.7. The average molecular weight is 314 g/mol. The fraction of sp³-hybridized carbons (Fsp3) is 0.400. The Kier molecular flexibility index (Phi) is 5.84. The van der Waals surface area contributed by atoms with Gasteiger partial charge in [0, 0.05) is 0 Å². The van der Waals surface area contributed by atoms with E-state index in [0.717, 1.165) is 11.4 Å². The molecule has 126 valence electrons. The van der Waals surface area contributed by atoms with Gasteiger partial charge in [0.2, 0.25) is 0 Å². The Morgan fingerprint density at radius 3 is 1.00 bits per heavy atom. The van der Waals surface area contributed by atoms with E-state index in [1.165, 1.54) is 11.1 Å². The average Bonchev–Trinajstić information content (AvgIpc) is 2.44. The van der Waals surface area contributed by atoms with Gasteiger partial charge in [0.05, 0.1) is 11.4 Å². The van der Waals surface area contributed by atoms with Crippen LogP contribution in [0.2, 0.25) is 0 Å². The molecule has 0 fully saturated rings. The molecule has 0 saturated heterocycles. The molecule has 0 aliphatic heterocycles. The standard InChI is InChI=1S/C20H28N2.H2O/c1-19(2,3)15-7-11-17(12-8-15)21-22-18-13-9-16(10-14-18)20(4,5)6;/h7-14,21-22H,1-6H3;1H2. The van der Waals surface area contributed by atoms with E-state index in [0.29, 0.717) is 0 Å². The second-order valence-corrected chi connectivity index (χ2v) is 7.90. The van der Waals surface area contributed by atoms with E-state index in [1.807, 2.05) is 0 Å². The second kappa shape index (κ2) is 7.05. The van der Waals surface area contributed by atoms with Gasteiger partial charge in [-0.05, 0) is 46.2 Å². The smallest absolute Gasteiger partial charge is 0.0540 e. The third kappa shape index (κ3) is 5.29. The van der Waals surface area contributed by atoms with Crippen LogP contribution >= 0.6 is 0 Å². The predicted molar refractivity (Wildman–Crippen MR) is 101 cm³/mol. The van der Waals surface area contributed by atoms with E-state index in [2.05, 4.69) is 101 Å². The Balaban J connectivity index is 0.00000264. The number of hydrogen-bond acceptors (Lipinski definition) is 2. The Morgan fingerprint density at radius 1 is 0.522 bits per heavy atom. The lowest BCUT2D eigenvalue weighted by atomic mass is 9.87. The third-order valence-corrected chi connectivity index (χ3v) is 3.85. The lowest BCUT2D eigenvalue weighted by Gasteiger charge is -2.20. The summed E-state index contributed by atoms with van der Waals surface area (Å²) in [5, 5.41) is 0. The van der Waals surface area contributed by atoms with E-state index in [1.54, 1.807) is 0 Å². The number of hydrogen-bond donors (Lipinski definition) is 2. The molecule has 0 amide bonds. The van der Waals surface area contributed by atoms with Gasteiger partial charge in [-0.3, -0.25) is 0 Å². The van der Waals surface area contributed by atoms with Gasteiger partial charge in [0.15, 0.2) is 0 Å². The molecule has 0 spiro atoms. The topological polar surface area (TPSA) is 55.6 Å². The summed E-state index contributed by atoms with van der Waals surface area (Å²) in [4.78, 5) is 0. The number of nitrogens with one attached hydrogen (secondary N) is 2. The first-order chi connectivity index (χ1) is 10.2. The van der Waals surface area contributed by atoms with Crippen LogP contribution in [0, 0.1) is 0 Å². The molecule has 23 heavy (non-hydrogen) atoms. The Morgan fingerprint density at radius 2 is 0.783 bits per heavy atom. The van der Waals surface area contributed by atoms with E-state index in [4.69, 9.17) is 0 Å². The minimum absolute atomic E-state index is 0. The summed E-state index contributed by atoms with van der Waals surface area (Å²) < 4.78 is 0.